The summed E-state index contributed by atoms with van der Waals surface area (Å²) in [6, 6.07) is 8.99. The van der Waals surface area contributed by atoms with Crippen LogP contribution in [0.4, 0.5) is 0 Å². The van der Waals surface area contributed by atoms with Crippen LogP contribution in [0.15, 0.2) is 30.3 Å². The third-order valence-electron chi connectivity index (χ3n) is 2.06. The first-order chi connectivity index (χ1) is 8.13. The van der Waals surface area contributed by atoms with Gasteiger partial charge in [-0.05, 0) is 19.1 Å². The number of nitrogens with one attached hydrogen (secondary N) is 1. The van der Waals surface area contributed by atoms with E-state index in [0.717, 1.165) is 0 Å². The molecule has 0 aliphatic rings. The molecule has 0 unspecified atom stereocenters. The molecule has 0 spiro atoms. The van der Waals surface area contributed by atoms with Gasteiger partial charge in [0.1, 0.15) is 12.3 Å². The van der Waals surface area contributed by atoms with Crippen molar-refractivity contribution >= 4 is 11.9 Å². The molecule has 0 saturated carbocycles. The van der Waals surface area contributed by atoms with Gasteiger partial charge in [0.2, 0.25) is 0 Å². The van der Waals surface area contributed by atoms with E-state index in [9.17, 15) is 9.59 Å². The van der Waals surface area contributed by atoms with E-state index in [1.165, 1.54) is 7.11 Å². The minimum Gasteiger partial charge on any atom is -0.481 e. The molecule has 1 amide bonds. The second-order valence-corrected chi connectivity index (χ2v) is 3.37. The largest absolute Gasteiger partial charge is 0.481 e. The summed E-state index contributed by atoms with van der Waals surface area (Å²) in [5.41, 5.74) is 0. The van der Waals surface area contributed by atoms with Crippen LogP contribution < -0.4 is 10.1 Å². The summed E-state index contributed by atoms with van der Waals surface area (Å²) in [6.07, 6.45) is -0.665. The Bertz CT molecular complexity index is 377. The molecule has 0 aromatic heterocycles. The number of carbonyl (C=O) groups excluding carboxylic acids is 2. The van der Waals surface area contributed by atoms with E-state index < -0.39 is 12.1 Å². The van der Waals surface area contributed by atoms with Gasteiger partial charge in [0, 0.05) is 0 Å². The SMILES string of the molecule is COC(=O)CNC(=O)[C@@H](C)Oc1ccccc1. The van der Waals surface area contributed by atoms with Crippen LogP contribution in [0.25, 0.3) is 0 Å². The van der Waals surface area contributed by atoms with Crippen LogP contribution in [0.1, 0.15) is 6.92 Å². The van der Waals surface area contributed by atoms with E-state index in [-0.39, 0.29) is 12.5 Å². The number of rotatable bonds is 5. The molecule has 5 nitrogen and oxygen atoms in total. The van der Waals surface area contributed by atoms with E-state index in [0.29, 0.717) is 5.75 Å². The fraction of sp³-hybridized carbons (Fsp3) is 0.333. The van der Waals surface area contributed by atoms with Crippen molar-refractivity contribution in [2.75, 3.05) is 13.7 Å². The third kappa shape index (κ3) is 4.55. The second kappa shape index (κ2) is 6.52. The van der Waals surface area contributed by atoms with Crippen molar-refractivity contribution in [3.63, 3.8) is 0 Å². The van der Waals surface area contributed by atoms with Crippen LogP contribution in [0.3, 0.4) is 0 Å². The molecule has 0 bridgehead atoms. The summed E-state index contributed by atoms with van der Waals surface area (Å²) >= 11 is 0. The Hall–Kier alpha value is -2.04. The smallest absolute Gasteiger partial charge is 0.325 e. The lowest BCUT2D eigenvalue weighted by atomic mass is 10.3. The highest BCUT2D eigenvalue weighted by Crippen LogP contribution is 2.10. The Morgan fingerprint density at radius 3 is 2.53 bits per heavy atom. The molecule has 0 aliphatic heterocycles. The first-order valence-corrected chi connectivity index (χ1v) is 5.19. The fourth-order valence-electron chi connectivity index (χ4n) is 1.13. The quantitative estimate of drug-likeness (QED) is 0.767. The molecule has 1 aromatic carbocycles. The lowest BCUT2D eigenvalue weighted by Crippen LogP contribution is -2.39. The first kappa shape index (κ1) is 13.0. The van der Waals surface area contributed by atoms with Gasteiger partial charge in [0.05, 0.1) is 7.11 Å². The number of methoxy groups -OCH3 is 1. The number of carbonyl (C=O) groups is 2. The molecule has 0 radical (unpaired) electrons. The monoisotopic (exact) mass is 237 g/mol. The van der Waals surface area contributed by atoms with Crippen molar-refractivity contribution in [1.82, 2.24) is 5.32 Å². The number of para-hydroxylation sites is 1. The van der Waals surface area contributed by atoms with Crippen molar-refractivity contribution in [2.24, 2.45) is 0 Å². The first-order valence-electron chi connectivity index (χ1n) is 5.19. The fourth-order valence-corrected chi connectivity index (χ4v) is 1.13. The average Bonchev–Trinajstić information content (AvgIpc) is 2.36. The van der Waals surface area contributed by atoms with E-state index >= 15 is 0 Å². The summed E-state index contributed by atoms with van der Waals surface area (Å²) in [7, 11) is 1.26. The topological polar surface area (TPSA) is 64.6 Å². The maximum Gasteiger partial charge on any atom is 0.325 e. The van der Waals surface area contributed by atoms with E-state index in [1.807, 2.05) is 18.2 Å². The Morgan fingerprint density at radius 2 is 1.94 bits per heavy atom. The van der Waals surface area contributed by atoms with E-state index in [2.05, 4.69) is 10.1 Å². The summed E-state index contributed by atoms with van der Waals surface area (Å²) in [5, 5.41) is 2.41. The third-order valence-corrected chi connectivity index (χ3v) is 2.06. The maximum atomic E-state index is 11.5. The molecular weight excluding hydrogens is 222 g/mol. The van der Waals surface area contributed by atoms with Crippen molar-refractivity contribution in [2.45, 2.75) is 13.0 Å². The van der Waals surface area contributed by atoms with Crippen molar-refractivity contribution < 1.29 is 19.1 Å². The Labute approximate surface area is 99.7 Å². The van der Waals surface area contributed by atoms with Gasteiger partial charge < -0.3 is 14.8 Å². The standard InChI is InChI=1S/C12H15NO4/c1-9(12(15)13-8-11(14)16-2)17-10-6-4-3-5-7-10/h3-7,9H,8H2,1-2H3,(H,13,15)/t9-/m1/s1. The van der Waals surface area contributed by atoms with E-state index in [1.54, 1.807) is 19.1 Å². The highest BCUT2D eigenvalue weighted by molar-refractivity contribution is 5.84. The zero-order valence-electron chi connectivity index (χ0n) is 9.80. The van der Waals surface area contributed by atoms with Gasteiger partial charge >= 0.3 is 5.97 Å². The highest BCUT2D eigenvalue weighted by atomic mass is 16.5. The normalized spacial score (nSPS) is 11.4. The molecular formula is C12H15NO4. The van der Waals surface area contributed by atoms with Gasteiger partial charge in [-0.2, -0.15) is 0 Å². The summed E-state index contributed by atoms with van der Waals surface area (Å²) in [4.78, 5) is 22.3. The summed E-state index contributed by atoms with van der Waals surface area (Å²) in [6.45, 7) is 1.46. The van der Waals surface area contributed by atoms with Gasteiger partial charge in [-0.25, -0.2) is 0 Å². The Balaban J connectivity index is 2.40. The second-order valence-electron chi connectivity index (χ2n) is 3.37. The van der Waals surface area contributed by atoms with Gasteiger partial charge in [-0.15, -0.1) is 0 Å². The lowest BCUT2D eigenvalue weighted by molar-refractivity contribution is -0.141. The van der Waals surface area contributed by atoms with Gasteiger partial charge in [-0.3, -0.25) is 9.59 Å². The van der Waals surface area contributed by atoms with Crippen LogP contribution >= 0.6 is 0 Å². The van der Waals surface area contributed by atoms with Crippen LogP contribution in [0.2, 0.25) is 0 Å². The summed E-state index contributed by atoms with van der Waals surface area (Å²) < 4.78 is 9.78. The predicted octanol–water partition coefficient (Wildman–Crippen LogP) is 0.743. The van der Waals surface area contributed by atoms with Gasteiger partial charge in [0.15, 0.2) is 6.10 Å². The zero-order valence-corrected chi connectivity index (χ0v) is 9.80. The zero-order chi connectivity index (χ0) is 12.7. The molecule has 0 saturated heterocycles. The molecule has 1 aromatic rings. The minimum absolute atomic E-state index is 0.155. The van der Waals surface area contributed by atoms with Gasteiger partial charge in [-0.1, -0.05) is 18.2 Å². The maximum absolute atomic E-state index is 11.5. The van der Waals surface area contributed by atoms with Crippen LogP contribution in [0.5, 0.6) is 5.75 Å². The number of hydrogen-bond donors (Lipinski definition) is 1. The lowest BCUT2D eigenvalue weighted by Gasteiger charge is -2.13. The molecule has 0 heterocycles. The number of esters is 1. The molecule has 17 heavy (non-hydrogen) atoms. The molecule has 1 N–H and O–H groups in total. The molecule has 0 fully saturated rings. The minimum atomic E-state index is -0.665. The van der Waals surface area contributed by atoms with Crippen molar-refractivity contribution in [3.8, 4) is 5.75 Å². The van der Waals surface area contributed by atoms with E-state index in [4.69, 9.17) is 4.74 Å². The molecule has 1 rings (SSSR count). The van der Waals surface area contributed by atoms with Crippen molar-refractivity contribution in [1.29, 1.82) is 0 Å². The molecule has 1 atom stereocenters. The van der Waals surface area contributed by atoms with Crippen molar-refractivity contribution in [3.05, 3.63) is 30.3 Å². The number of benzene rings is 1. The highest BCUT2D eigenvalue weighted by Gasteiger charge is 2.15. The Kier molecular flexibility index (Phi) is 5.00. The summed E-state index contributed by atoms with van der Waals surface area (Å²) in [5.74, 6) is -0.252. The van der Waals surface area contributed by atoms with Crippen LogP contribution in [0, 0.1) is 0 Å². The van der Waals surface area contributed by atoms with Crippen LogP contribution in [-0.4, -0.2) is 31.6 Å². The van der Waals surface area contributed by atoms with Gasteiger partial charge in [0.25, 0.3) is 5.91 Å². The number of amides is 1. The average molecular weight is 237 g/mol. The number of ether oxygens (including phenoxy) is 2. The predicted molar refractivity (Wildman–Crippen MR) is 61.6 cm³/mol. The molecule has 92 valence electrons. The molecule has 5 heteroatoms. The Morgan fingerprint density at radius 1 is 1.29 bits per heavy atom. The number of hydrogen-bond acceptors (Lipinski definition) is 4. The molecule has 0 aliphatic carbocycles. The van der Waals surface area contributed by atoms with Crippen LogP contribution in [-0.2, 0) is 14.3 Å².